The summed E-state index contributed by atoms with van der Waals surface area (Å²) in [7, 11) is -3.11. The summed E-state index contributed by atoms with van der Waals surface area (Å²) in [6, 6.07) is 6.75. The Morgan fingerprint density at radius 2 is 2.00 bits per heavy atom. The number of hydrogen-bond donors (Lipinski definition) is 0. The van der Waals surface area contributed by atoms with Crippen LogP contribution in [0.5, 0.6) is 0 Å². The van der Waals surface area contributed by atoms with Crippen molar-refractivity contribution in [1.82, 2.24) is 0 Å². The molecule has 0 spiro atoms. The molecule has 2 fully saturated rings. The summed E-state index contributed by atoms with van der Waals surface area (Å²) in [5, 5.41) is 0.369. The Hall–Kier alpha value is -1.67. The average Bonchev–Trinajstić information content (AvgIpc) is 2.98. The number of amides is 1. The van der Waals surface area contributed by atoms with Gasteiger partial charge in [0.1, 0.15) is 0 Å². The highest BCUT2D eigenvalue weighted by Crippen LogP contribution is 2.41. The van der Waals surface area contributed by atoms with E-state index in [0.717, 1.165) is 0 Å². The van der Waals surface area contributed by atoms with Gasteiger partial charge in [-0.3, -0.25) is 9.59 Å². The Balaban J connectivity index is 2.05. The maximum atomic E-state index is 12.1. The lowest BCUT2D eigenvalue weighted by Gasteiger charge is -2.25. The minimum atomic E-state index is -3.11. The number of carbonyl (C=O) groups is 2. The number of nitrogens with zero attached hydrogens (tertiary/aromatic N) is 2. The van der Waals surface area contributed by atoms with E-state index < -0.39 is 9.84 Å². The molecule has 0 radical (unpaired) electrons. The van der Waals surface area contributed by atoms with Crippen molar-refractivity contribution >= 4 is 44.1 Å². The number of ketones is 1. The van der Waals surface area contributed by atoms with E-state index in [4.69, 9.17) is 0 Å². The first-order chi connectivity index (χ1) is 11.7. The van der Waals surface area contributed by atoms with Crippen LogP contribution in [-0.4, -0.2) is 48.1 Å². The molecule has 0 N–H and O–H groups in total. The van der Waals surface area contributed by atoms with Crippen molar-refractivity contribution in [2.24, 2.45) is 10.9 Å². The van der Waals surface area contributed by atoms with E-state index in [-0.39, 0.29) is 40.4 Å². The van der Waals surface area contributed by atoms with Crippen LogP contribution < -0.4 is 4.90 Å². The molecule has 6 nitrogen and oxygen atoms in total. The van der Waals surface area contributed by atoms with Crippen LogP contribution in [-0.2, 0) is 14.6 Å². The quantitative estimate of drug-likeness (QED) is 0.747. The number of benzene rings is 1. The number of amidine groups is 1. The van der Waals surface area contributed by atoms with E-state index >= 15 is 0 Å². The van der Waals surface area contributed by atoms with Crippen molar-refractivity contribution in [2.75, 3.05) is 16.4 Å². The van der Waals surface area contributed by atoms with E-state index in [1.54, 1.807) is 32.0 Å². The third-order valence-corrected chi connectivity index (χ3v) is 7.51. The molecule has 2 aliphatic heterocycles. The van der Waals surface area contributed by atoms with Crippen LogP contribution >= 0.6 is 11.8 Å². The van der Waals surface area contributed by atoms with Crippen molar-refractivity contribution in [3.8, 4) is 0 Å². The molecule has 25 heavy (non-hydrogen) atoms. The van der Waals surface area contributed by atoms with Crippen molar-refractivity contribution < 1.29 is 18.0 Å². The Morgan fingerprint density at radius 3 is 2.64 bits per heavy atom. The molecule has 2 aliphatic rings. The highest BCUT2D eigenvalue weighted by atomic mass is 32.2. The minimum absolute atomic E-state index is 0.0316. The first-order valence-electron chi connectivity index (χ1n) is 8.08. The predicted octanol–water partition coefficient (Wildman–Crippen LogP) is 2.15. The van der Waals surface area contributed by atoms with Crippen molar-refractivity contribution in [3.05, 3.63) is 29.8 Å². The first-order valence-corrected chi connectivity index (χ1v) is 10.8. The monoisotopic (exact) mass is 380 g/mol. The van der Waals surface area contributed by atoms with Crippen LogP contribution in [0.2, 0.25) is 0 Å². The van der Waals surface area contributed by atoms with Crippen LogP contribution in [0, 0.1) is 5.92 Å². The molecule has 0 saturated carbocycles. The summed E-state index contributed by atoms with van der Waals surface area (Å²) in [6.07, 6.45) is 0. The van der Waals surface area contributed by atoms with Gasteiger partial charge in [-0.1, -0.05) is 37.7 Å². The molecular weight excluding hydrogens is 360 g/mol. The van der Waals surface area contributed by atoms with Crippen LogP contribution in [0.1, 0.15) is 31.1 Å². The first kappa shape index (κ1) is 18.1. The molecule has 134 valence electrons. The highest BCUT2D eigenvalue weighted by molar-refractivity contribution is 8.16. The number of rotatable bonds is 3. The van der Waals surface area contributed by atoms with Crippen LogP contribution in [0.3, 0.4) is 0 Å². The third-order valence-electron chi connectivity index (χ3n) is 4.30. The largest absolute Gasteiger partial charge is 0.316 e. The lowest BCUT2D eigenvalue weighted by atomic mass is 10.1. The zero-order chi connectivity index (χ0) is 18.4. The van der Waals surface area contributed by atoms with Gasteiger partial charge >= 0.3 is 0 Å². The summed E-state index contributed by atoms with van der Waals surface area (Å²) in [5.41, 5.74) is 1.24. The number of sulfone groups is 1. The maximum Gasteiger partial charge on any atom is 0.250 e. The Morgan fingerprint density at radius 1 is 1.28 bits per heavy atom. The van der Waals surface area contributed by atoms with E-state index in [0.29, 0.717) is 16.4 Å². The van der Waals surface area contributed by atoms with Gasteiger partial charge < -0.3 is 4.90 Å². The summed E-state index contributed by atoms with van der Waals surface area (Å²) in [4.78, 5) is 29.8. The molecule has 1 amide bonds. The van der Waals surface area contributed by atoms with Gasteiger partial charge in [0.2, 0.25) is 0 Å². The lowest BCUT2D eigenvalue weighted by Crippen LogP contribution is -2.38. The van der Waals surface area contributed by atoms with Gasteiger partial charge in [0.15, 0.2) is 20.8 Å². The second-order valence-electron chi connectivity index (χ2n) is 6.66. The number of fused-ring (bicyclic) bond motifs is 1. The molecule has 1 aromatic rings. The second kappa shape index (κ2) is 6.57. The molecule has 0 bridgehead atoms. The third kappa shape index (κ3) is 3.64. The highest BCUT2D eigenvalue weighted by Gasteiger charge is 2.49. The summed E-state index contributed by atoms with van der Waals surface area (Å²) in [5.74, 6) is -0.425. The van der Waals surface area contributed by atoms with Gasteiger partial charge in [0.25, 0.3) is 5.91 Å². The normalized spacial score (nSPS) is 26.2. The van der Waals surface area contributed by atoms with Crippen molar-refractivity contribution in [3.63, 3.8) is 0 Å². The van der Waals surface area contributed by atoms with Gasteiger partial charge in [0.05, 0.1) is 17.5 Å². The van der Waals surface area contributed by atoms with Gasteiger partial charge in [-0.05, 0) is 19.1 Å². The number of carbonyl (C=O) groups excluding carboxylic acids is 2. The zero-order valence-corrected chi connectivity index (χ0v) is 15.9. The lowest BCUT2D eigenvalue weighted by molar-refractivity contribution is -0.120. The topological polar surface area (TPSA) is 83.9 Å². The SMILES string of the molecule is CC(=O)c1cccc(N2C(=NC(=O)C(C)C)S[C@H]3CS(=O)(=O)C[C@H]32)c1. The van der Waals surface area contributed by atoms with E-state index in [1.807, 2.05) is 11.0 Å². The summed E-state index contributed by atoms with van der Waals surface area (Å²) < 4.78 is 24.1. The Bertz CT molecular complexity index is 861. The molecule has 2 heterocycles. The molecule has 8 heteroatoms. The second-order valence-corrected chi connectivity index (χ2v) is 10.0. The van der Waals surface area contributed by atoms with Crippen LogP contribution in [0.15, 0.2) is 29.3 Å². The number of anilines is 1. The minimum Gasteiger partial charge on any atom is -0.316 e. The molecule has 0 aliphatic carbocycles. The van der Waals surface area contributed by atoms with E-state index in [9.17, 15) is 18.0 Å². The molecule has 2 saturated heterocycles. The van der Waals surface area contributed by atoms with E-state index in [1.165, 1.54) is 18.7 Å². The van der Waals surface area contributed by atoms with Gasteiger partial charge in [0, 0.05) is 22.4 Å². The molecule has 0 aromatic heterocycles. The number of thioether (sulfide) groups is 1. The molecule has 1 aromatic carbocycles. The van der Waals surface area contributed by atoms with Gasteiger partial charge in [-0.25, -0.2) is 8.42 Å². The fourth-order valence-corrected chi connectivity index (χ4v) is 6.88. The summed E-state index contributed by atoms with van der Waals surface area (Å²) in [6.45, 7) is 5.04. The van der Waals surface area contributed by atoms with Gasteiger partial charge in [-0.2, -0.15) is 4.99 Å². The van der Waals surface area contributed by atoms with Crippen molar-refractivity contribution in [1.29, 1.82) is 0 Å². The smallest absolute Gasteiger partial charge is 0.250 e. The number of hydrogen-bond acceptors (Lipinski definition) is 5. The van der Waals surface area contributed by atoms with Gasteiger partial charge in [-0.15, -0.1) is 0 Å². The number of Topliss-reactive ketones (excluding diaryl/α,β-unsaturated/α-hetero) is 1. The zero-order valence-electron chi connectivity index (χ0n) is 14.3. The Labute approximate surface area is 151 Å². The standard InChI is InChI=1S/C17H20N2O4S2/c1-10(2)16(21)18-17-19(13-6-4-5-12(7-13)11(3)20)14-8-25(22,23)9-15(14)24-17/h4-7,10,14-15H,8-9H2,1-3H3/t14-,15+/m1/s1. The predicted molar refractivity (Wildman–Crippen MR) is 100 cm³/mol. The molecular formula is C17H20N2O4S2. The fraction of sp³-hybridized carbons (Fsp3) is 0.471. The van der Waals surface area contributed by atoms with Crippen molar-refractivity contribution in [2.45, 2.75) is 32.1 Å². The maximum absolute atomic E-state index is 12.1. The average molecular weight is 380 g/mol. The number of aliphatic imine (C=N–C) groups is 1. The molecule has 2 atom stereocenters. The molecule has 3 rings (SSSR count). The van der Waals surface area contributed by atoms with Crippen LogP contribution in [0.25, 0.3) is 0 Å². The fourth-order valence-electron chi connectivity index (χ4n) is 2.96. The Kier molecular flexibility index (Phi) is 4.76. The van der Waals surface area contributed by atoms with E-state index in [2.05, 4.69) is 4.99 Å². The molecule has 0 unspecified atom stereocenters. The van der Waals surface area contributed by atoms with Crippen LogP contribution in [0.4, 0.5) is 5.69 Å². The summed E-state index contributed by atoms with van der Waals surface area (Å²) >= 11 is 1.34.